The van der Waals surface area contributed by atoms with E-state index in [1.165, 1.54) is 0 Å². The molecule has 0 aliphatic rings. The molecule has 4 rings (SSSR count). The van der Waals surface area contributed by atoms with E-state index in [2.05, 4.69) is 19.9 Å². The molecule has 2 heterocycles. The Hall–Kier alpha value is -4.27. The van der Waals surface area contributed by atoms with Crippen LogP contribution in [0.1, 0.15) is 16.2 Å². The van der Waals surface area contributed by atoms with Crippen LogP contribution in [-0.2, 0) is 11.3 Å². The molecule has 0 aliphatic heterocycles. The fraction of sp³-hybridized carbons (Fsp3) is 0.0952. The number of nitrogens with zero attached hydrogens (tertiary/aromatic N) is 4. The van der Waals surface area contributed by atoms with Crippen molar-refractivity contribution in [3.05, 3.63) is 66.0 Å². The monoisotopic (exact) mass is 402 g/mol. The number of methoxy groups -OCH3 is 1. The second-order valence-electron chi connectivity index (χ2n) is 6.35. The number of hydrogen-bond donors (Lipinski definition) is 2. The van der Waals surface area contributed by atoms with Crippen molar-refractivity contribution < 1.29 is 14.3 Å². The lowest BCUT2D eigenvalue weighted by atomic mass is 10.0. The van der Waals surface area contributed by atoms with Crippen molar-refractivity contribution in [2.24, 2.45) is 0 Å². The molecule has 0 atom stereocenters. The second-order valence-corrected chi connectivity index (χ2v) is 6.35. The predicted molar refractivity (Wildman–Crippen MR) is 112 cm³/mol. The Morgan fingerprint density at radius 2 is 1.67 bits per heavy atom. The Morgan fingerprint density at radius 1 is 0.933 bits per heavy atom. The Labute approximate surface area is 171 Å². The molecular formula is C21H18N6O3. The number of anilines is 2. The lowest BCUT2D eigenvalue weighted by Crippen LogP contribution is -2.12. The second kappa shape index (κ2) is 8.00. The molecule has 0 radical (unpaired) electrons. The molecule has 30 heavy (non-hydrogen) atoms. The van der Waals surface area contributed by atoms with E-state index < -0.39 is 5.97 Å². The summed E-state index contributed by atoms with van der Waals surface area (Å²) in [6.07, 6.45) is 0. The molecule has 4 N–H and O–H groups in total. The Morgan fingerprint density at radius 3 is 2.37 bits per heavy atom. The number of ether oxygens (including phenoxy) is 2. The van der Waals surface area contributed by atoms with Crippen LogP contribution >= 0.6 is 0 Å². The predicted octanol–water partition coefficient (Wildman–Crippen LogP) is 2.62. The molecule has 0 spiro atoms. The van der Waals surface area contributed by atoms with Crippen LogP contribution < -0.4 is 16.2 Å². The van der Waals surface area contributed by atoms with E-state index in [-0.39, 0.29) is 24.3 Å². The summed E-state index contributed by atoms with van der Waals surface area (Å²) >= 11 is 0. The van der Waals surface area contributed by atoms with Gasteiger partial charge in [-0.15, -0.1) is 0 Å². The molecule has 4 aromatic rings. The van der Waals surface area contributed by atoms with Crippen LogP contribution in [0, 0.1) is 0 Å². The van der Waals surface area contributed by atoms with Crippen LogP contribution in [0.5, 0.6) is 5.75 Å². The highest BCUT2D eigenvalue weighted by molar-refractivity contribution is 6.05. The highest BCUT2D eigenvalue weighted by Gasteiger charge is 2.17. The third-order valence-electron chi connectivity index (χ3n) is 4.35. The summed E-state index contributed by atoms with van der Waals surface area (Å²) in [7, 11) is 1.56. The van der Waals surface area contributed by atoms with Crippen LogP contribution in [0.3, 0.4) is 0 Å². The summed E-state index contributed by atoms with van der Waals surface area (Å²) < 4.78 is 10.7. The number of fused-ring (bicyclic) bond motifs is 1. The molecule has 0 amide bonds. The average Bonchev–Trinajstić information content (AvgIpc) is 2.76. The van der Waals surface area contributed by atoms with E-state index in [4.69, 9.17) is 20.9 Å². The number of rotatable bonds is 5. The van der Waals surface area contributed by atoms with Gasteiger partial charge in [0.15, 0.2) is 12.4 Å². The fourth-order valence-electron chi connectivity index (χ4n) is 2.99. The standard InChI is InChI=1S/C21H18N6O3/c1-29-13-7-8-16-14(9-13)15(10-17(24-16)12-5-3-2-4-6-12)19(28)30-11-18-25-20(22)27-21(23)26-18/h2-10H,11H2,1H3,(H4,22,23,25,26,27). The van der Waals surface area contributed by atoms with Gasteiger partial charge in [-0.3, -0.25) is 0 Å². The Bertz CT molecular complexity index is 1210. The highest BCUT2D eigenvalue weighted by atomic mass is 16.5. The van der Waals surface area contributed by atoms with E-state index in [9.17, 15) is 4.79 Å². The van der Waals surface area contributed by atoms with E-state index in [0.717, 1.165) is 5.56 Å². The smallest absolute Gasteiger partial charge is 0.339 e. The summed E-state index contributed by atoms with van der Waals surface area (Å²) in [6, 6.07) is 16.6. The van der Waals surface area contributed by atoms with Gasteiger partial charge in [0, 0.05) is 10.9 Å². The summed E-state index contributed by atoms with van der Waals surface area (Å²) in [5.41, 5.74) is 13.6. The number of benzene rings is 2. The maximum Gasteiger partial charge on any atom is 0.339 e. The van der Waals surface area contributed by atoms with Gasteiger partial charge in [-0.05, 0) is 24.3 Å². The minimum atomic E-state index is -0.564. The van der Waals surface area contributed by atoms with Gasteiger partial charge in [-0.25, -0.2) is 9.78 Å². The van der Waals surface area contributed by atoms with Crippen molar-refractivity contribution in [1.82, 2.24) is 19.9 Å². The largest absolute Gasteiger partial charge is 0.497 e. The molecule has 0 aliphatic carbocycles. The number of aromatic nitrogens is 4. The van der Waals surface area contributed by atoms with Gasteiger partial charge in [0.1, 0.15) is 5.75 Å². The molecule has 9 nitrogen and oxygen atoms in total. The van der Waals surface area contributed by atoms with E-state index >= 15 is 0 Å². The number of carbonyl (C=O) groups excluding carboxylic acids is 1. The quantitative estimate of drug-likeness (QED) is 0.482. The summed E-state index contributed by atoms with van der Waals surface area (Å²) in [5, 5.41) is 0.605. The van der Waals surface area contributed by atoms with Crippen molar-refractivity contribution in [2.75, 3.05) is 18.6 Å². The number of esters is 1. The van der Waals surface area contributed by atoms with Crippen LogP contribution in [0.4, 0.5) is 11.9 Å². The van der Waals surface area contributed by atoms with Crippen molar-refractivity contribution in [1.29, 1.82) is 0 Å². The van der Waals surface area contributed by atoms with E-state index in [1.54, 1.807) is 31.4 Å². The van der Waals surface area contributed by atoms with Crippen LogP contribution in [0.2, 0.25) is 0 Å². The maximum atomic E-state index is 13.0. The van der Waals surface area contributed by atoms with Gasteiger partial charge in [0.25, 0.3) is 0 Å². The molecule has 0 saturated carbocycles. The zero-order valence-corrected chi connectivity index (χ0v) is 16.1. The third-order valence-corrected chi connectivity index (χ3v) is 4.35. The van der Waals surface area contributed by atoms with Crippen LogP contribution in [-0.4, -0.2) is 33.0 Å². The van der Waals surface area contributed by atoms with Crippen LogP contribution in [0.15, 0.2) is 54.6 Å². The molecule has 2 aromatic heterocycles. The fourth-order valence-corrected chi connectivity index (χ4v) is 2.99. The first-order chi connectivity index (χ1) is 14.5. The van der Waals surface area contributed by atoms with Crippen molar-refractivity contribution in [3.63, 3.8) is 0 Å². The van der Waals surface area contributed by atoms with Gasteiger partial charge in [0.05, 0.1) is 23.9 Å². The summed E-state index contributed by atoms with van der Waals surface area (Å²) in [5.74, 6) is 0.111. The number of nitrogen functional groups attached to an aromatic ring is 2. The molecule has 0 unspecified atom stereocenters. The SMILES string of the molecule is COc1ccc2nc(-c3ccccc3)cc(C(=O)OCc3nc(N)nc(N)n3)c2c1. The lowest BCUT2D eigenvalue weighted by molar-refractivity contribution is 0.0464. The number of carbonyl (C=O) groups is 1. The number of nitrogens with two attached hydrogens (primary N) is 2. The number of pyridine rings is 1. The summed E-state index contributed by atoms with van der Waals surface area (Å²) in [6.45, 7) is -0.204. The molecule has 150 valence electrons. The molecule has 0 saturated heterocycles. The first kappa shape index (κ1) is 19.1. The van der Waals surface area contributed by atoms with Crippen molar-refractivity contribution >= 4 is 28.8 Å². The molecule has 9 heteroatoms. The topological polar surface area (TPSA) is 139 Å². The Kier molecular flexibility index (Phi) is 5.08. The minimum absolute atomic E-state index is 0.0426. The van der Waals surface area contributed by atoms with E-state index in [1.807, 2.05) is 30.3 Å². The van der Waals surface area contributed by atoms with Gasteiger partial charge in [0.2, 0.25) is 11.9 Å². The van der Waals surface area contributed by atoms with Crippen molar-refractivity contribution in [3.8, 4) is 17.0 Å². The molecule has 0 bridgehead atoms. The highest BCUT2D eigenvalue weighted by Crippen LogP contribution is 2.28. The average molecular weight is 402 g/mol. The van der Waals surface area contributed by atoms with Gasteiger partial charge < -0.3 is 20.9 Å². The maximum absolute atomic E-state index is 13.0. The normalized spacial score (nSPS) is 10.7. The zero-order chi connectivity index (χ0) is 21.1. The van der Waals surface area contributed by atoms with Crippen LogP contribution in [0.25, 0.3) is 22.2 Å². The van der Waals surface area contributed by atoms with Gasteiger partial charge in [-0.2, -0.15) is 15.0 Å². The number of hydrogen-bond acceptors (Lipinski definition) is 9. The first-order valence-corrected chi connectivity index (χ1v) is 9.01. The van der Waals surface area contributed by atoms with Crippen molar-refractivity contribution in [2.45, 2.75) is 6.61 Å². The lowest BCUT2D eigenvalue weighted by Gasteiger charge is -2.11. The van der Waals surface area contributed by atoms with E-state index in [0.29, 0.717) is 27.9 Å². The van der Waals surface area contributed by atoms with Gasteiger partial charge >= 0.3 is 5.97 Å². The Balaban J connectivity index is 1.73. The molecule has 0 fully saturated rings. The third kappa shape index (κ3) is 3.95. The molecule has 2 aromatic carbocycles. The zero-order valence-electron chi connectivity index (χ0n) is 16.1. The first-order valence-electron chi connectivity index (χ1n) is 9.01. The summed E-state index contributed by atoms with van der Waals surface area (Å²) in [4.78, 5) is 29.2. The molecular weight excluding hydrogens is 384 g/mol. The minimum Gasteiger partial charge on any atom is -0.497 e. The van der Waals surface area contributed by atoms with Gasteiger partial charge in [-0.1, -0.05) is 30.3 Å².